The summed E-state index contributed by atoms with van der Waals surface area (Å²) >= 11 is 0. The van der Waals surface area contributed by atoms with E-state index in [9.17, 15) is 0 Å². The molecule has 1 aliphatic rings. The molecule has 0 spiro atoms. The Morgan fingerprint density at radius 3 is 2.27 bits per heavy atom. The molecule has 0 radical (unpaired) electrons. The minimum atomic E-state index is -0.155. The number of aliphatic hydroxyl groups is 1. The number of halogens is 1. The van der Waals surface area contributed by atoms with Crippen molar-refractivity contribution in [2.24, 2.45) is 0 Å². The van der Waals surface area contributed by atoms with E-state index in [1.54, 1.807) is 0 Å². The lowest BCUT2D eigenvalue weighted by atomic mass is 10.1. The van der Waals surface area contributed by atoms with E-state index < -0.39 is 0 Å². The first-order valence-electron chi connectivity index (χ1n) is 4.19. The Hall–Kier alpha value is 0.210. The first kappa shape index (κ1) is 11.2. The third-order valence-electron chi connectivity index (χ3n) is 1.97. The monoisotopic (exact) mass is 179 g/mol. The fraction of sp³-hybridized carbons (Fsp3) is 1.00. The second-order valence-corrected chi connectivity index (χ2v) is 3.21. The van der Waals surface area contributed by atoms with Crippen LogP contribution in [0.1, 0.15) is 26.2 Å². The van der Waals surface area contributed by atoms with E-state index >= 15 is 0 Å². The maximum Gasteiger partial charge on any atom is 0.0639 e. The van der Waals surface area contributed by atoms with Gasteiger partial charge in [-0.3, -0.25) is 0 Å². The van der Waals surface area contributed by atoms with Crippen LogP contribution in [0.25, 0.3) is 0 Å². The zero-order valence-corrected chi connectivity index (χ0v) is 7.94. The van der Waals surface area contributed by atoms with Crippen LogP contribution in [0.15, 0.2) is 0 Å². The molecule has 1 fully saturated rings. The van der Waals surface area contributed by atoms with Gasteiger partial charge >= 0.3 is 0 Å². The smallest absolute Gasteiger partial charge is 0.0639 e. The van der Waals surface area contributed by atoms with Crippen LogP contribution < -0.4 is 0 Å². The summed E-state index contributed by atoms with van der Waals surface area (Å²) in [5, 5.41) is 9.06. The highest BCUT2D eigenvalue weighted by molar-refractivity contribution is 5.85. The van der Waals surface area contributed by atoms with Crippen molar-refractivity contribution in [3.63, 3.8) is 0 Å². The topological polar surface area (TPSA) is 23.5 Å². The Morgan fingerprint density at radius 1 is 1.27 bits per heavy atom. The number of hydrogen-bond acceptors (Lipinski definition) is 2. The summed E-state index contributed by atoms with van der Waals surface area (Å²) < 4.78 is 0. The zero-order chi connectivity index (χ0) is 7.40. The number of hydrogen-bond donors (Lipinski definition) is 1. The van der Waals surface area contributed by atoms with Gasteiger partial charge in [-0.25, -0.2) is 0 Å². The number of likely N-dealkylation sites (tertiary alicyclic amines) is 1. The predicted molar refractivity (Wildman–Crippen MR) is 49.2 cm³/mol. The standard InChI is InChI=1S/C8H17NO.ClH/c1-8(10)7-9-5-3-2-4-6-9;/h8,10H,2-7H2,1H3;1H. The van der Waals surface area contributed by atoms with E-state index in [0.717, 1.165) is 6.54 Å². The first-order valence-corrected chi connectivity index (χ1v) is 4.19. The molecule has 1 saturated heterocycles. The zero-order valence-electron chi connectivity index (χ0n) is 7.12. The van der Waals surface area contributed by atoms with Gasteiger partial charge in [0.15, 0.2) is 0 Å². The SMILES string of the molecule is CC(O)CN1CCCCC1.Cl. The van der Waals surface area contributed by atoms with Crippen molar-refractivity contribution in [3.8, 4) is 0 Å². The average Bonchev–Trinajstić information content (AvgIpc) is 1.88. The third-order valence-corrected chi connectivity index (χ3v) is 1.97. The van der Waals surface area contributed by atoms with Gasteiger partial charge in [-0.1, -0.05) is 6.42 Å². The summed E-state index contributed by atoms with van der Waals surface area (Å²) in [6.07, 6.45) is 3.84. The fourth-order valence-electron chi connectivity index (χ4n) is 1.52. The molecule has 0 aromatic rings. The quantitative estimate of drug-likeness (QED) is 0.691. The lowest BCUT2D eigenvalue weighted by Gasteiger charge is -2.27. The van der Waals surface area contributed by atoms with Gasteiger partial charge in [0, 0.05) is 6.54 Å². The van der Waals surface area contributed by atoms with Crippen molar-refractivity contribution >= 4 is 12.4 Å². The summed E-state index contributed by atoms with van der Waals surface area (Å²) in [5.74, 6) is 0. The van der Waals surface area contributed by atoms with E-state index in [-0.39, 0.29) is 18.5 Å². The van der Waals surface area contributed by atoms with Crippen molar-refractivity contribution in [1.29, 1.82) is 0 Å². The Morgan fingerprint density at radius 2 is 1.82 bits per heavy atom. The molecule has 1 N–H and O–H groups in total. The second-order valence-electron chi connectivity index (χ2n) is 3.21. The lowest BCUT2D eigenvalue weighted by Crippen LogP contribution is -2.35. The van der Waals surface area contributed by atoms with E-state index in [4.69, 9.17) is 5.11 Å². The highest BCUT2D eigenvalue weighted by Gasteiger charge is 2.10. The largest absolute Gasteiger partial charge is 0.392 e. The van der Waals surface area contributed by atoms with E-state index in [1.807, 2.05) is 6.92 Å². The van der Waals surface area contributed by atoms with Gasteiger partial charge in [-0.15, -0.1) is 12.4 Å². The lowest BCUT2D eigenvalue weighted by molar-refractivity contribution is 0.114. The Kier molecular flexibility index (Phi) is 5.92. The van der Waals surface area contributed by atoms with Gasteiger partial charge in [0.25, 0.3) is 0 Å². The van der Waals surface area contributed by atoms with Crippen LogP contribution in [0.4, 0.5) is 0 Å². The van der Waals surface area contributed by atoms with Crippen molar-refractivity contribution in [3.05, 3.63) is 0 Å². The Labute approximate surface area is 75.0 Å². The van der Waals surface area contributed by atoms with Crippen LogP contribution in [-0.4, -0.2) is 35.7 Å². The molecule has 68 valence electrons. The van der Waals surface area contributed by atoms with E-state index in [1.165, 1.54) is 32.4 Å². The molecule has 1 atom stereocenters. The molecule has 1 heterocycles. The van der Waals surface area contributed by atoms with Gasteiger partial charge in [-0.05, 0) is 32.9 Å². The van der Waals surface area contributed by atoms with Gasteiger partial charge in [-0.2, -0.15) is 0 Å². The number of rotatable bonds is 2. The van der Waals surface area contributed by atoms with Gasteiger partial charge in [0.1, 0.15) is 0 Å². The molecule has 0 aromatic heterocycles. The minimum absolute atomic E-state index is 0. The number of piperidine rings is 1. The predicted octanol–water partition coefficient (Wildman–Crippen LogP) is 1.27. The molecule has 2 nitrogen and oxygen atoms in total. The number of aliphatic hydroxyl groups excluding tert-OH is 1. The molecule has 0 amide bonds. The molecule has 0 aliphatic carbocycles. The fourth-order valence-corrected chi connectivity index (χ4v) is 1.52. The van der Waals surface area contributed by atoms with Crippen LogP contribution in [-0.2, 0) is 0 Å². The molecule has 1 aliphatic heterocycles. The van der Waals surface area contributed by atoms with Crippen LogP contribution in [0, 0.1) is 0 Å². The third kappa shape index (κ3) is 4.62. The van der Waals surface area contributed by atoms with Crippen LogP contribution in [0.3, 0.4) is 0 Å². The van der Waals surface area contributed by atoms with Gasteiger partial charge in [0.2, 0.25) is 0 Å². The van der Waals surface area contributed by atoms with Crippen molar-refractivity contribution in [2.75, 3.05) is 19.6 Å². The second kappa shape index (κ2) is 5.81. The summed E-state index contributed by atoms with van der Waals surface area (Å²) in [7, 11) is 0. The summed E-state index contributed by atoms with van der Waals surface area (Å²) in [4.78, 5) is 2.34. The molecule has 0 bridgehead atoms. The molecule has 3 heteroatoms. The Balaban J connectivity index is 0.000001000. The maximum absolute atomic E-state index is 9.06. The summed E-state index contributed by atoms with van der Waals surface area (Å²) in [6, 6.07) is 0. The van der Waals surface area contributed by atoms with E-state index in [2.05, 4.69) is 4.90 Å². The van der Waals surface area contributed by atoms with Crippen molar-refractivity contribution < 1.29 is 5.11 Å². The molecule has 0 aromatic carbocycles. The normalized spacial score (nSPS) is 22.4. The van der Waals surface area contributed by atoms with Crippen molar-refractivity contribution in [2.45, 2.75) is 32.3 Å². The highest BCUT2D eigenvalue weighted by Crippen LogP contribution is 2.08. The molecular weight excluding hydrogens is 162 g/mol. The Bertz CT molecular complexity index is 92.1. The molecule has 11 heavy (non-hydrogen) atoms. The number of β-amino-alcohol motifs (C(OH)–C–C–N with tert-alkyl or cyclic N) is 1. The number of nitrogens with zero attached hydrogens (tertiary/aromatic N) is 1. The summed E-state index contributed by atoms with van der Waals surface area (Å²) in [5.41, 5.74) is 0. The van der Waals surface area contributed by atoms with Gasteiger partial charge < -0.3 is 10.0 Å². The van der Waals surface area contributed by atoms with Crippen LogP contribution in [0.2, 0.25) is 0 Å². The maximum atomic E-state index is 9.06. The average molecular weight is 180 g/mol. The molecule has 1 rings (SSSR count). The molecule has 0 saturated carbocycles. The highest BCUT2D eigenvalue weighted by atomic mass is 35.5. The molecular formula is C8H18ClNO. The van der Waals surface area contributed by atoms with Crippen LogP contribution in [0.5, 0.6) is 0 Å². The first-order chi connectivity index (χ1) is 4.79. The summed E-state index contributed by atoms with van der Waals surface area (Å²) in [6.45, 7) is 5.09. The minimum Gasteiger partial charge on any atom is -0.392 e. The van der Waals surface area contributed by atoms with Gasteiger partial charge in [0.05, 0.1) is 6.10 Å². The van der Waals surface area contributed by atoms with E-state index in [0.29, 0.717) is 0 Å². The van der Waals surface area contributed by atoms with Crippen molar-refractivity contribution in [1.82, 2.24) is 4.90 Å². The van der Waals surface area contributed by atoms with Crippen LogP contribution >= 0.6 is 12.4 Å². The molecule has 1 unspecified atom stereocenters.